The first-order chi connectivity index (χ1) is 36.2. The summed E-state index contributed by atoms with van der Waals surface area (Å²) in [7, 11) is 0. The molecule has 3 aromatic carbocycles. The Morgan fingerprint density at radius 2 is 0.315 bits per heavy atom. The van der Waals surface area contributed by atoms with Gasteiger partial charge in [0, 0.05) is 0 Å². The third kappa shape index (κ3) is 11.9. The van der Waals surface area contributed by atoms with Crippen LogP contribution in [0.15, 0.2) is 36.4 Å². The summed E-state index contributed by atoms with van der Waals surface area (Å²) in [4.78, 5) is 0. The summed E-state index contributed by atoms with van der Waals surface area (Å²) in [6, 6.07) is 18.6. The summed E-state index contributed by atoms with van der Waals surface area (Å²) in [5.41, 5.74) is 17.6. The third-order valence-electron chi connectivity index (χ3n) is 22.7. The van der Waals surface area contributed by atoms with E-state index in [-0.39, 0.29) is 0 Å². The molecule has 9 fully saturated rings. The molecule has 0 heterocycles. The van der Waals surface area contributed by atoms with Gasteiger partial charge >= 0.3 is 459 Å². The van der Waals surface area contributed by atoms with Crippen LogP contribution in [-0.2, 0) is 0 Å². The van der Waals surface area contributed by atoms with Crippen molar-refractivity contribution < 1.29 is 0 Å². The molecule has 0 N–H and O–H groups in total. The van der Waals surface area contributed by atoms with Gasteiger partial charge in [-0.25, -0.2) is 0 Å². The van der Waals surface area contributed by atoms with Gasteiger partial charge in [-0.3, -0.25) is 0 Å². The monoisotopic (exact) mass is 1090 g/mol. The summed E-state index contributed by atoms with van der Waals surface area (Å²) in [6.45, 7) is 0. The molecule has 0 nitrogen and oxygen atoms in total. The van der Waals surface area contributed by atoms with Crippen LogP contribution in [0.5, 0.6) is 0 Å². The molecule has 0 bridgehead atoms. The SMILES string of the molecule is c1c(C2CCCCC2)cc(C2CCCCC2)[c]([Sb]([c]2c(C3CCCCC3)cc(C3CCCCC3)cc2C2CCCCC2)[c]2c(C3CCCCC3)cc(C3CCCCC3)cc2C2CCCCC2)c1C1CCCCC1. The van der Waals surface area contributed by atoms with E-state index in [0.29, 0.717) is 0 Å². The van der Waals surface area contributed by atoms with E-state index in [0.717, 1.165) is 53.3 Å². The maximum atomic E-state index is 3.10. The van der Waals surface area contributed by atoms with E-state index in [1.54, 1.807) is 0 Å². The predicted octanol–water partition coefficient (Wildman–Crippen LogP) is 20.6. The second kappa shape index (κ2) is 25.5. The predicted molar refractivity (Wildman–Crippen MR) is 316 cm³/mol. The molecule has 0 unspecified atom stereocenters. The van der Waals surface area contributed by atoms with Gasteiger partial charge in [0.2, 0.25) is 0 Å². The number of rotatable bonds is 12. The van der Waals surface area contributed by atoms with Gasteiger partial charge in [-0.1, -0.05) is 0 Å². The fraction of sp³-hybridized carbons (Fsp3) is 0.750. The molecule has 0 radical (unpaired) electrons. The third-order valence-corrected chi connectivity index (χ3v) is 31.0. The molecule has 0 atom stereocenters. The first-order valence-corrected chi connectivity index (χ1v) is 37.4. The van der Waals surface area contributed by atoms with E-state index >= 15 is 0 Å². The van der Waals surface area contributed by atoms with Gasteiger partial charge in [0.1, 0.15) is 0 Å². The number of hydrogen-bond donors (Lipinski definition) is 0. The first-order valence-electron chi connectivity index (χ1n) is 33.6. The Labute approximate surface area is 456 Å². The quantitative estimate of drug-likeness (QED) is 0.159. The topological polar surface area (TPSA) is 0 Å². The Morgan fingerprint density at radius 1 is 0.178 bits per heavy atom. The first kappa shape index (κ1) is 52.2. The molecule has 398 valence electrons. The molecule has 3 aromatic rings. The molecule has 0 amide bonds. The molecule has 0 aromatic heterocycles. The van der Waals surface area contributed by atoms with Crippen molar-refractivity contribution in [2.24, 2.45) is 0 Å². The summed E-state index contributed by atoms with van der Waals surface area (Å²) >= 11 is -2.97. The van der Waals surface area contributed by atoms with Gasteiger partial charge in [0.15, 0.2) is 0 Å². The molecule has 9 aliphatic rings. The van der Waals surface area contributed by atoms with Gasteiger partial charge in [-0.05, 0) is 0 Å². The number of benzene rings is 3. The number of hydrogen-bond acceptors (Lipinski definition) is 0. The van der Waals surface area contributed by atoms with Gasteiger partial charge in [0.25, 0.3) is 0 Å². The van der Waals surface area contributed by atoms with Crippen molar-refractivity contribution in [3.8, 4) is 0 Å². The van der Waals surface area contributed by atoms with Crippen molar-refractivity contribution in [1.29, 1.82) is 0 Å². The maximum absolute atomic E-state index is 3.10. The molecule has 73 heavy (non-hydrogen) atoms. The summed E-state index contributed by atoms with van der Waals surface area (Å²) in [6.07, 6.45) is 65.6. The van der Waals surface area contributed by atoms with E-state index in [4.69, 9.17) is 0 Å². The van der Waals surface area contributed by atoms with E-state index in [1.807, 2.05) is 50.1 Å². The second-order valence-corrected chi connectivity index (χ2v) is 33.2. The van der Waals surface area contributed by atoms with Crippen LogP contribution in [0.25, 0.3) is 0 Å². The molecule has 1 heteroatoms. The van der Waals surface area contributed by atoms with E-state index < -0.39 is 20.2 Å². The molecular weight excluding hydrogens is 987 g/mol. The normalized spacial score (nSPS) is 25.4. The van der Waals surface area contributed by atoms with Crippen LogP contribution in [0, 0.1) is 0 Å². The van der Waals surface area contributed by atoms with Gasteiger partial charge < -0.3 is 0 Å². The average Bonchev–Trinajstić information content (AvgIpc) is 3.49. The van der Waals surface area contributed by atoms with Crippen LogP contribution in [0.2, 0.25) is 0 Å². The van der Waals surface area contributed by atoms with Crippen molar-refractivity contribution in [2.45, 2.75) is 342 Å². The Balaban J connectivity index is 1.22. The molecule has 9 aliphatic carbocycles. The summed E-state index contributed by atoms with van der Waals surface area (Å²) in [5, 5.41) is 0. The fourth-order valence-corrected chi connectivity index (χ4v) is 29.2. The van der Waals surface area contributed by atoms with Crippen LogP contribution in [0.3, 0.4) is 0 Å². The van der Waals surface area contributed by atoms with E-state index in [9.17, 15) is 0 Å². The molecule has 0 spiro atoms. The van der Waals surface area contributed by atoms with E-state index in [2.05, 4.69) is 46.9 Å². The Hall–Kier alpha value is -1.52. The van der Waals surface area contributed by atoms with Crippen LogP contribution in [-0.4, -0.2) is 20.2 Å². The van der Waals surface area contributed by atoms with Crippen molar-refractivity contribution in [2.75, 3.05) is 0 Å². The fourth-order valence-electron chi connectivity index (χ4n) is 18.6. The van der Waals surface area contributed by atoms with Crippen molar-refractivity contribution >= 4 is 30.7 Å². The van der Waals surface area contributed by atoms with Crippen LogP contribution < -0.4 is 10.5 Å². The Bertz CT molecular complexity index is 1840. The van der Waals surface area contributed by atoms with Gasteiger partial charge in [-0.15, -0.1) is 0 Å². The van der Waals surface area contributed by atoms with Crippen molar-refractivity contribution in [3.05, 3.63) is 86.5 Å². The van der Waals surface area contributed by atoms with E-state index in [1.165, 1.54) is 289 Å². The summed E-state index contributed by atoms with van der Waals surface area (Å²) in [5.74, 6) is 6.93. The molecular formula is C72H105Sb. The zero-order valence-electron chi connectivity index (χ0n) is 46.9. The summed E-state index contributed by atoms with van der Waals surface area (Å²) < 4.78 is 6.46. The van der Waals surface area contributed by atoms with Crippen LogP contribution in [0.1, 0.15) is 392 Å². The Kier molecular flexibility index (Phi) is 18.2. The molecule has 12 rings (SSSR count). The Morgan fingerprint density at radius 3 is 0.466 bits per heavy atom. The van der Waals surface area contributed by atoms with Crippen LogP contribution >= 0.6 is 0 Å². The minimum atomic E-state index is -2.97. The van der Waals surface area contributed by atoms with Crippen molar-refractivity contribution in [1.82, 2.24) is 0 Å². The zero-order valence-corrected chi connectivity index (χ0v) is 49.5. The molecule has 0 saturated heterocycles. The standard InChI is InChI=1S/3C24H35.Sb/c3*1-4-10-19(11-5-1)22-16-23(20-12-6-2-7-13-20)18-24(17-22)21-14-8-3-9-15-21;/h3*16-17,19-21H,1-15H2;. The van der Waals surface area contributed by atoms with Gasteiger partial charge in [-0.2, -0.15) is 0 Å². The second-order valence-electron chi connectivity index (χ2n) is 27.5. The molecule has 0 aliphatic heterocycles. The van der Waals surface area contributed by atoms with Crippen LogP contribution in [0.4, 0.5) is 0 Å². The molecule has 9 saturated carbocycles. The average molecular weight is 1090 g/mol. The zero-order chi connectivity index (χ0) is 48.8. The minimum absolute atomic E-state index is 0.761. The van der Waals surface area contributed by atoms with Gasteiger partial charge in [0.05, 0.1) is 0 Å². The van der Waals surface area contributed by atoms with Crippen molar-refractivity contribution in [3.63, 3.8) is 0 Å².